The first kappa shape index (κ1) is 19.2. The minimum Gasteiger partial charge on any atom is -0.489 e. The van der Waals surface area contributed by atoms with Crippen LogP contribution >= 0.6 is 24.0 Å². The highest BCUT2D eigenvalue weighted by atomic mass is 32.2. The van der Waals surface area contributed by atoms with Gasteiger partial charge in [-0.25, -0.2) is 0 Å². The molecule has 1 saturated heterocycles. The quantitative estimate of drug-likeness (QED) is 0.461. The fourth-order valence-corrected chi connectivity index (χ4v) is 5.12. The van der Waals surface area contributed by atoms with Crippen molar-refractivity contribution in [1.29, 1.82) is 0 Å². The molecular weight excluding hydrogens is 386 g/mol. The molecule has 0 unspecified atom stereocenters. The van der Waals surface area contributed by atoms with Crippen LogP contribution in [0.4, 0.5) is 0 Å². The third-order valence-corrected chi connectivity index (χ3v) is 6.50. The Hall–Kier alpha value is -2.11. The standard InChI is InChI=1S/C23H23NO2S2/c25-22-21(28-23(27)24(22)19-11-5-2-6-12-19)15-18-10-7-13-20(14-18)26-16-17-8-3-1-4-9-17/h1,3-4,7-10,13-15,19H,2,5-6,11-12,16H2/b21-15-. The first-order chi connectivity index (χ1) is 13.7. The van der Waals surface area contributed by atoms with Crippen LogP contribution in [0, 0.1) is 0 Å². The minimum absolute atomic E-state index is 0.0532. The summed E-state index contributed by atoms with van der Waals surface area (Å²) in [6.07, 6.45) is 7.67. The zero-order valence-corrected chi connectivity index (χ0v) is 17.3. The van der Waals surface area contributed by atoms with Crippen molar-refractivity contribution in [1.82, 2.24) is 4.90 Å². The molecule has 2 fully saturated rings. The lowest BCUT2D eigenvalue weighted by Gasteiger charge is -2.29. The summed E-state index contributed by atoms with van der Waals surface area (Å²) in [6.45, 7) is 0.522. The lowest BCUT2D eigenvalue weighted by Crippen LogP contribution is -2.39. The summed E-state index contributed by atoms with van der Waals surface area (Å²) < 4.78 is 6.60. The average Bonchev–Trinajstić information content (AvgIpc) is 3.01. The maximum absolute atomic E-state index is 12.9. The van der Waals surface area contributed by atoms with E-state index < -0.39 is 0 Å². The van der Waals surface area contributed by atoms with E-state index >= 15 is 0 Å². The molecule has 144 valence electrons. The number of amides is 1. The van der Waals surface area contributed by atoms with Gasteiger partial charge in [-0.05, 0) is 42.2 Å². The maximum atomic E-state index is 12.9. The number of hydrogen-bond donors (Lipinski definition) is 0. The molecule has 0 radical (unpaired) electrons. The Morgan fingerprint density at radius 2 is 1.86 bits per heavy atom. The summed E-state index contributed by atoms with van der Waals surface area (Å²) in [4.78, 5) is 15.5. The number of nitrogens with zero attached hydrogens (tertiary/aromatic N) is 1. The van der Waals surface area contributed by atoms with Gasteiger partial charge in [0, 0.05) is 6.04 Å². The van der Waals surface area contributed by atoms with Crippen LogP contribution in [0.25, 0.3) is 6.08 Å². The molecule has 28 heavy (non-hydrogen) atoms. The average molecular weight is 410 g/mol. The Balaban J connectivity index is 1.46. The van der Waals surface area contributed by atoms with Crippen LogP contribution in [0.15, 0.2) is 59.5 Å². The summed E-state index contributed by atoms with van der Waals surface area (Å²) in [7, 11) is 0. The largest absolute Gasteiger partial charge is 0.489 e. The second-order valence-electron chi connectivity index (χ2n) is 7.19. The van der Waals surface area contributed by atoms with Gasteiger partial charge in [0.2, 0.25) is 0 Å². The van der Waals surface area contributed by atoms with Crippen molar-refractivity contribution in [2.75, 3.05) is 0 Å². The molecule has 0 N–H and O–H groups in total. The molecule has 0 bridgehead atoms. The number of benzene rings is 2. The molecule has 1 amide bonds. The second kappa shape index (κ2) is 8.93. The lowest BCUT2D eigenvalue weighted by atomic mass is 9.94. The zero-order valence-electron chi connectivity index (χ0n) is 15.7. The van der Waals surface area contributed by atoms with Crippen LogP contribution in [0.3, 0.4) is 0 Å². The van der Waals surface area contributed by atoms with E-state index in [0.717, 1.165) is 29.7 Å². The number of rotatable bonds is 5. The van der Waals surface area contributed by atoms with Gasteiger partial charge in [-0.3, -0.25) is 9.69 Å². The molecule has 1 heterocycles. The Kier molecular flexibility index (Phi) is 6.13. The van der Waals surface area contributed by atoms with Crippen LogP contribution in [-0.2, 0) is 11.4 Å². The summed E-state index contributed by atoms with van der Waals surface area (Å²) in [6, 6.07) is 18.2. The van der Waals surface area contributed by atoms with Crippen LogP contribution in [0.1, 0.15) is 43.2 Å². The van der Waals surface area contributed by atoms with Gasteiger partial charge in [-0.15, -0.1) is 0 Å². The van der Waals surface area contributed by atoms with Gasteiger partial charge in [0.15, 0.2) is 0 Å². The Bertz CT molecular complexity index is 888. The van der Waals surface area contributed by atoms with Crippen molar-refractivity contribution >= 4 is 40.3 Å². The molecule has 0 spiro atoms. The molecule has 1 aliphatic carbocycles. The molecule has 5 heteroatoms. The molecule has 0 atom stereocenters. The molecule has 2 aromatic rings. The summed E-state index contributed by atoms with van der Waals surface area (Å²) in [5.41, 5.74) is 2.08. The van der Waals surface area contributed by atoms with Gasteiger partial charge < -0.3 is 4.74 Å². The first-order valence-corrected chi connectivity index (χ1v) is 11.0. The van der Waals surface area contributed by atoms with Gasteiger partial charge in [-0.1, -0.05) is 85.7 Å². The van der Waals surface area contributed by atoms with Crippen molar-refractivity contribution in [3.05, 3.63) is 70.6 Å². The van der Waals surface area contributed by atoms with Crippen LogP contribution in [0.2, 0.25) is 0 Å². The lowest BCUT2D eigenvalue weighted by molar-refractivity contribution is -0.124. The zero-order chi connectivity index (χ0) is 19.3. The third kappa shape index (κ3) is 4.47. The molecular formula is C23H23NO2S2. The van der Waals surface area contributed by atoms with Crippen LogP contribution < -0.4 is 4.74 Å². The summed E-state index contributed by atoms with van der Waals surface area (Å²) in [5, 5.41) is 0. The number of thiocarbonyl (C=S) groups is 1. The molecule has 1 aliphatic heterocycles. The van der Waals surface area contributed by atoms with E-state index in [1.54, 1.807) is 0 Å². The van der Waals surface area contributed by atoms with Gasteiger partial charge in [0.05, 0.1) is 4.91 Å². The molecule has 3 nitrogen and oxygen atoms in total. The Morgan fingerprint density at radius 1 is 1.07 bits per heavy atom. The first-order valence-electron chi connectivity index (χ1n) is 9.74. The van der Waals surface area contributed by atoms with Crippen molar-refractivity contribution in [3.8, 4) is 5.75 Å². The third-order valence-electron chi connectivity index (χ3n) is 5.17. The fourth-order valence-electron chi connectivity index (χ4n) is 3.72. The van der Waals surface area contributed by atoms with E-state index in [4.69, 9.17) is 17.0 Å². The maximum Gasteiger partial charge on any atom is 0.266 e. The van der Waals surface area contributed by atoms with E-state index in [9.17, 15) is 4.79 Å². The summed E-state index contributed by atoms with van der Waals surface area (Å²) >= 11 is 6.93. The number of carbonyl (C=O) groups excluding carboxylic acids is 1. The Morgan fingerprint density at radius 3 is 2.64 bits per heavy atom. The number of ether oxygens (including phenoxy) is 1. The number of hydrogen-bond acceptors (Lipinski definition) is 4. The van der Waals surface area contributed by atoms with E-state index in [-0.39, 0.29) is 11.9 Å². The van der Waals surface area contributed by atoms with E-state index in [1.165, 1.54) is 31.0 Å². The van der Waals surface area contributed by atoms with Crippen molar-refractivity contribution in [2.24, 2.45) is 0 Å². The molecule has 0 aromatic heterocycles. The number of thioether (sulfide) groups is 1. The fraction of sp³-hybridized carbons (Fsp3) is 0.304. The minimum atomic E-state index is 0.0532. The topological polar surface area (TPSA) is 29.5 Å². The van der Waals surface area contributed by atoms with Gasteiger partial charge in [-0.2, -0.15) is 0 Å². The highest BCUT2D eigenvalue weighted by Gasteiger charge is 2.37. The van der Waals surface area contributed by atoms with Gasteiger partial charge >= 0.3 is 0 Å². The van der Waals surface area contributed by atoms with Crippen LogP contribution in [0.5, 0.6) is 5.75 Å². The van der Waals surface area contributed by atoms with Crippen molar-refractivity contribution in [3.63, 3.8) is 0 Å². The van der Waals surface area contributed by atoms with Crippen molar-refractivity contribution < 1.29 is 9.53 Å². The van der Waals surface area contributed by atoms with Gasteiger partial charge in [0.25, 0.3) is 5.91 Å². The summed E-state index contributed by atoms with van der Waals surface area (Å²) in [5.74, 6) is 0.845. The normalized spacial score (nSPS) is 19.4. The van der Waals surface area contributed by atoms with Gasteiger partial charge in [0.1, 0.15) is 16.7 Å². The second-order valence-corrected chi connectivity index (χ2v) is 8.87. The smallest absolute Gasteiger partial charge is 0.266 e. The predicted molar refractivity (Wildman–Crippen MR) is 119 cm³/mol. The molecule has 1 saturated carbocycles. The highest BCUT2D eigenvalue weighted by molar-refractivity contribution is 8.26. The molecule has 2 aliphatic rings. The van der Waals surface area contributed by atoms with E-state index in [2.05, 4.69) is 0 Å². The predicted octanol–water partition coefficient (Wildman–Crippen LogP) is 5.80. The number of carbonyl (C=O) groups is 1. The van der Waals surface area contributed by atoms with Crippen molar-refractivity contribution in [2.45, 2.75) is 44.8 Å². The van der Waals surface area contributed by atoms with E-state index in [0.29, 0.717) is 15.8 Å². The van der Waals surface area contributed by atoms with E-state index in [1.807, 2.05) is 65.6 Å². The molecule has 2 aromatic carbocycles. The molecule has 4 rings (SSSR count). The Labute approximate surface area is 175 Å². The van der Waals surface area contributed by atoms with Crippen LogP contribution in [-0.4, -0.2) is 21.2 Å². The highest BCUT2D eigenvalue weighted by Crippen LogP contribution is 2.37. The monoisotopic (exact) mass is 409 g/mol. The SMILES string of the molecule is O=C1/C(=C/c2cccc(OCc3ccccc3)c2)SC(=S)N1C1CCCCC1.